The molecule has 3 aromatic heterocycles. The third-order valence-corrected chi connectivity index (χ3v) is 8.29. The van der Waals surface area contributed by atoms with Crippen LogP contribution in [0.5, 0.6) is 0 Å². The molecule has 1 aliphatic heterocycles. The topological polar surface area (TPSA) is 163 Å². The van der Waals surface area contributed by atoms with Gasteiger partial charge >= 0.3 is 23.9 Å². The van der Waals surface area contributed by atoms with Gasteiger partial charge < -0.3 is 23.7 Å². The lowest BCUT2D eigenvalue weighted by atomic mass is 10.1. The number of fused-ring (bicyclic) bond motifs is 8. The number of aromatic nitrogens is 3. The molecule has 0 spiro atoms. The molecule has 0 saturated heterocycles. The van der Waals surface area contributed by atoms with Gasteiger partial charge in [0.05, 0.1) is 67.5 Å². The summed E-state index contributed by atoms with van der Waals surface area (Å²) in [5.41, 5.74) is 2.31. The molecular weight excluding hydrogens is 745 g/mol. The fraction of sp³-hybridized carbons (Fsp3) is 0.558. The third-order valence-electron chi connectivity index (χ3n) is 8.29. The van der Waals surface area contributed by atoms with Crippen molar-refractivity contribution in [3.63, 3.8) is 0 Å². The summed E-state index contributed by atoms with van der Waals surface area (Å²) in [6.45, 7) is 18.3. The van der Waals surface area contributed by atoms with E-state index < -0.39 is 34.7 Å². The highest BCUT2D eigenvalue weighted by atomic mass is 16.6. The first-order valence-corrected chi connectivity index (χ1v) is 19.5. The first kappa shape index (κ1) is 45.9. The Morgan fingerprint density at radius 1 is 0.552 bits per heavy atom. The number of ether oxygens (including phenoxy) is 5. The van der Waals surface area contributed by atoms with Crippen molar-refractivity contribution in [1.29, 1.82) is 0 Å². The van der Waals surface area contributed by atoms with Crippen LogP contribution in [0, 0.1) is 0 Å². The number of nitrogens with zero attached hydrogens (tertiary/aromatic N) is 6. The molecule has 0 N–H and O–H groups in total. The van der Waals surface area contributed by atoms with Crippen molar-refractivity contribution in [3.05, 3.63) is 65.5 Å². The summed E-state index contributed by atoms with van der Waals surface area (Å²) >= 11 is 0. The van der Waals surface area contributed by atoms with Crippen molar-refractivity contribution in [3.8, 4) is 22.8 Å². The van der Waals surface area contributed by atoms with E-state index in [1.165, 1.54) is 7.11 Å². The van der Waals surface area contributed by atoms with E-state index in [1.807, 2.05) is 126 Å². The van der Waals surface area contributed by atoms with Crippen LogP contribution in [-0.4, -0.2) is 130 Å². The fourth-order valence-electron chi connectivity index (χ4n) is 6.06. The second-order valence-electron chi connectivity index (χ2n) is 17.3. The van der Waals surface area contributed by atoms with Gasteiger partial charge in [0.1, 0.15) is 23.4 Å². The quantitative estimate of drug-likeness (QED) is 0.202. The molecule has 0 aliphatic carbocycles. The Labute approximate surface area is 342 Å². The maximum Gasteiger partial charge on any atom is 0.331 e. The minimum absolute atomic E-state index is 0.00865. The van der Waals surface area contributed by atoms with Crippen molar-refractivity contribution in [2.75, 3.05) is 59.5 Å². The summed E-state index contributed by atoms with van der Waals surface area (Å²) in [6, 6.07) is 14.9. The van der Waals surface area contributed by atoms with E-state index in [1.54, 1.807) is 0 Å². The smallest absolute Gasteiger partial charge is 0.331 e. The van der Waals surface area contributed by atoms with Gasteiger partial charge in [-0.05, 0) is 104 Å². The van der Waals surface area contributed by atoms with Crippen LogP contribution in [-0.2, 0) is 62.6 Å². The molecule has 0 amide bonds. The highest BCUT2D eigenvalue weighted by molar-refractivity contribution is 5.73. The molecule has 0 unspecified atom stereocenters. The van der Waals surface area contributed by atoms with Crippen LogP contribution in [0.2, 0.25) is 0 Å². The number of carbonyl (C=O) groups excluding carboxylic acids is 4. The van der Waals surface area contributed by atoms with Crippen LogP contribution >= 0.6 is 0 Å². The molecular formula is C43H60N6O9. The molecule has 15 heteroatoms. The van der Waals surface area contributed by atoms with Gasteiger partial charge in [0, 0.05) is 39.3 Å². The standard InChI is InChI=1S/C43H60N6O9/c1-41(2,3)56-37(50)25-47-17-19-48(26-38(51)57-42(4,5)6)23-31-13-11-15-33(44-31)35-21-30(28-55-29-40(53)54-10)22-36(46-35)34-16-12-14-32(45-34)24-49(20-18-47)27-39(52)58-43(7,8)9/h11-16,21-22H,17-20,23-29H2,1-10H3. The predicted molar refractivity (Wildman–Crippen MR) is 217 cm³/mol. The van der Waals surface area contributed by atoms with Gasteiger partial charge in [0.2, 0.25) is 0 Å². The van der Waals surface area contributed by atoms with Crippen molar-refractivity contribution < 1.29 is 42.9 Å². The van der Waals surface area contributed by atoms with E-state index in [-0.39, 0.29) is 51.9 Å². The van der Waals surface area contributed by atoms with Gasteiger partial charge in [0.25, 0.3) is 0 Å². The van der Waals surface area contributed by atoms with Gasteiger partial charge in [-0.25, -0.2) is 19.7 Å². The monoisotopic (exact) mass is 804 g/mol. The average Bonchev–Trinajstić information content (AvgIpc) is 3.09. The molecule has 15 nitrogen and oxygen atoms in total. The number of carbonyl (C=O) groups is 4. The molecule has 3 aromatic rings. The summed E-state index contributed by atoms with van der Waals surface area (Å²) in [6.07, 6.45) is 0. The lowest BCUT2D eigenvalue weighted by Crippen LogP contribution is -2.45. The van der Waals surface area contributed by atoms with Crippen LogP contribution in [0.25, 0.3) is 22.8 Å². The summed E-state index contributed by atoms with van der Waals surface area (Å²) < 4.78 is 27.6. The van der Waals surface area contributed by atoms with Crippen molar-refractivity contribution in [2.45, 2.75) is 98.8 Å². The van der Waals surface area contributed by atoms with E-state index in [2.05, 4.69) is 0 Å². The van der Waals surface area contributed by atoms with Gasteiger partial charge in [0.15, 0.2) is 0 Å². The molecule has 0 fully saturated rings. The van der Waals surface area contributed by atoms with Crippen LogP contribution in [0.3, 0.4) is 0 Å². The number of pyridine rings is 3. The maximum absolute atomic E-state index is 13.2. The Hall–Kier alpha value is -4.83. The Bertz CT molecular complexity index is 1780. The van der Waals surface area contributed by atoms with Crippen molar-refractivity contribution in [1.82, 2.24) is 29.7 Å². The second kappa shape index (κ2) is 20.2. The summed E-state index contributed by atoms with van der Waals surface area (Å²) in [5.74, 6) is -1.68. The number of hydrogen-bond acceptors (Lipinski definition) is 15. The molecule has 58 heavy (non-hydrogen) atoms. The maximum atomic E-state index is 13.2. The first-order chi connectivity index (χ1) is 27.1. The SMILES string of the molecule is COC(=O)COCc1cc2nc(c1)-c1cccc(n1)CN(CC(=O)OC(C)(C)C)CCN(CC(=O)OC(C)(C)C)CCN(CC(=O)OC(C)(C)C)Cc1cccc-2n1. The lowest BCUT2D eigenvalue weighted by Gasteiger charge is -2.31. The zero-order valence-corrected chi connectivity index (χ0v) is 35.8. The minimum atomic E-state index is -0.686. The summed E-state index contributed by atoms with van der Waals surface area (Å²) in [7, 11) is 1.30. The molecule has 4 heterocycles. The summed E-state index contributed by atoms with van der Waals surface area (Å²) in [5, 5.41) is 0. The first-order valence-electron chi connectivity index (χ1n) is 19.5. The molecule has 4 rings (SSSR count). The normalized spacial score (nSPS) is 15.1. The molecule has 0 aromatic carbocycles. The van der Waals surface area contributed by atoms with E-state index in [9.17, 15) is 19.2 Å². The van der Waals surface area contributed by atoms with E-state index >= 15 is 0 Å². The molecule has 0 radical (unpaired) electrons. The number of hydrogen-bond donors (Lipinski definition) is 0. The van der Waals surface area contributed by atoms with E-state index in [0.29, 0.717) is 60.3 Å². The third kappa shape index (κ3) is 16.6. The van der Waals surface area contributed by atoms with Gasteiger partial charge in [-0.2, -0.15) is 0 Å². The zero-order chi connectivity index (χ0) is 42.7. The fourth-order valence-corrected chi connectivity index (χ4v) is 6.06. The zero-order valence-electron chi connectivity index (χ0n) is 35.8. The van der Waals surface area contributed by atoms with Crippen LogP contribution in [0.15, 0.2) is 48.5 Å². The number of methoxy groups -OCH3 is 1. The average molecular weight is 805 g/mol. The lowest BCUT2D eigenvalue weighted by molar-refractivity contribution is -0.158. The molecule has 0 atom stereocenters. The Morgan fingerprint density at radius 3 is 1.34 bits per heavy atom. The molecule has 1 aliphatic rings. The highest BCUT2D eigenvalue weighted by Gasteiger charge is 2.25. The van der Waals surface area contributed by atoms with Crippen LogP contribution in [0.1, 0.15) is 79.3 Å². The number of rotatable bonds is 10. The van der Waals surface area contributed by atoms with E-state index in [4.69, 9.17) is 38.6 Å². The van der Waals surface area contributed by atoms with Crippen LogP contribution < -0.4 is 0 Å². The minimum Gasteiger partial charge on any atom is -0.467 e. The largest absolute Gasteiger partial charge is 0.467 e. The predicted octanol–water partition coefficient (Wildman–Crippen LogP) is 4.84. The highest BCUT2D eigenvalue weighted by Crippen LogP contribution is 2.25. The Morgan fingerprint density at radius 2 is 0.948 bits per heavy atom. The van der Waals surface area contributed by atoms with Gasteiger partial charge in [-0.15, -0.1) is 0 Å². The van der Waals surface area contributed by atoms with Gasteiger partial charge in [-0.1, -0.05) is 12.1 Å². The second-order valence-corrected chi connectivity index (χ2v) is 17.3. The van der Waals surface area contributed by atoms with E-state index in [0.717, 1.165) is 5.56 Å². The van der Waals surface area contributed by atoms with Gasteiger partial charge in [-0.3, -0.25) is 29.1 Å². The van der Waals surface area contributed by atoms with Crippen molar-refractivity contribution in [2.24, 2.45) is 0 Å². The van der Waals surface area contributed by atoms with Crippen molar-refractivity contribution >= 4 is 23.9 Å². The molecule has 6 bridgehead atoms. The summed E-state index contributed by atoms with van der Waals surface area (Å²) in [4.78, 5) is 72.3. The molecule has 316 valence electrons. The number of esters is 4. The molecule has 0 saturated carbocycles. The van der Waals surface area contributed by atoms with Crippen LogP contribution in [0.4, 0.5) is 0 Å². The Balaban J connectivity index is 1.80. The Kier molecular flexibility index (Phi) is 16.0.